The Bertz CT molecular complexity index is 2940. The lowest BCUT2D eigenvalue weighted by atomic mass is 10.0. The van der Waals surface area contributed by atoms with E-state index in [1.807, 2.05) is 16.9 Å². The first-order valence-electron chi connectivity index (χ1n) is 21.7. The molecular formula is C44H47FN10O8S2. The van der Waals surface area contributed by atoms with Crippen LogP contribution in [0.2, 0.25) is 0 Å². The number of anilines is 2. The third kappa shape index (κ3) is 8.36. The lowest BCUT2D eigenvalue weighted by Crippen LogP contribution is -2.54. The van der Waals surface area contributed by atoms with E-state index in [0.717, 1.165) is 72.0 Å². The number of hydrogen-bond donors (Lipinski definition) is 4. The minimum atomic E-state index is -4.61. The van der Waals surface area contributed by atoms with Crippen molar-refractivity contribution in [1.82, 2.24) is 43.5 Å². The van der Waals surface area contributed by atoms with Crippen molar-refractivity contribution in [2.75, 3.05) is 44.6 Å². The van der Waals surface area contributed by atoms with Gasteiger partial charge in [0.25, 0.3) is 17.4 Å². The number of benzene rings is 2. The van der Waals surface area contributed by atoms with E-state index in [4.69, 9.17) is 0 Å². The number of fused-ring (bicyclic) bond motifs is 3. The molecule has 5 aliphatic rings. The number of piperidine rings is 1. The fourth-order valence-electron chi connectivity index (χ4n) is 9.25. The van der Waals surface area contributed by atoms with E-state index in [1.54, 1.807) is 41.8 Å². The molecule has 3 fully saturated rings. The normalized spacial score (nSPS) is 20.4. The van der Waals surface area contributed by atoms with Crippen LogP contribution >= 0.6 is 10.1 Å². The van der Waals surface area contributed by atoms with Crippen LogP contribution in [-0.4, -0.2) is 120 Å². The fraction of sp³-hybridized carbons (Fsp3) is 0.386. The third-order valence-electron chi connectivity index (χ3n) is 12.9. The molecule has 0 spiro atoms. The highest BCUT2D eigenvalue weighted by Crippen LogP contribution is 2.46. The van der Waals surface area contributed by atoms with Gasteiger partial charge >= 0.3 is 9.15 Å². The summed E-state index contributed by atoms with van der Waals surface area (Å²) in [4.78, 5) is 74.3. The van der Waals surface area contributed by atoms with Crippen LogP contribution in [-0.2, 0) is 31.8 Å². The summed E-state index contributed by atoms with van der Waals surface area (Å²) in [6, 6.07) is 10.5. The largest absolute Gasteiger partial charge is 0.337 e. The molecular weight excluding hydrogens is 880 g/mol. The average molecular weight is 927 g/mol. The Labute approximate surface area is 375 Å². The van der Waals surface area contributed by atoms with Gasteiger partial charge in [0.15, 0.2) is 0 Å². The first kappa shape index (κ1) is 43.1. The predicted molar refractivity (Wildman–Crippen MR) is 239 cm³/mol. The Morgan fingerprint density at radius 1 is 0.862 bits per heavy atom. The topological polar surface area (TPSA) is 212 Å². The predicted octanol–water partition coefficient (Wildman–Crippen LogP) is 3.98. The molecule has 1 saturated carbocycles. The Kier molecular flexibility index (Phi) is 11.2. The molecule has 4 aliphatic heterocycles. The van der Waals surface area contributed by atoms with E-state index in [1.165, 1.54) is 16.5 Å². The van der Waals surface area contributed by atoms with Crippen LogP contribution in [0.4, 0.5) is 15.9 Å². The Hall–Kier alpha value is -5.84. The van der Waals surface area contributed by atoms with Gasteiger partial charge in [0.05, 0.1) is 34.6 Å². The number of unbranched alkanes of at least 4 members (excludes halogenated alkanes) is 1. The summed E-state index contributed by atoms with van der Waals surface area (Å²) in [6.45, 7) is 6.23. The molecule has 2 atom stereocenters. The molecule has 2 saturated heterocycles. The number of pyridine rings is 1. The van der Waals surface area contributed by atoms with Crippen molar-refractivity contribution in [3.8, 4) is 11.1 Å². The van der Waals surface area contributed by atoms with Gasteiger partial charge in [-0.2, -0.15) is 13.5 Å². The number of carbonyl (C=O) groups excluding carboxylic acids is 4. The van der Waals surface area contributed by atoms with Gasteiger partial charge in [0, 0.05) is 74.1 Å². The van der Waals surface area contributed by atoms with Crippen LogP contribution in [0.5, 0.6) is 0 Å². The maximum Gasteiger partial charge on any atom is 0.315 e. The van der Waals surface area contributed by atoms with Gasteiger partial charge in [-0.3, -0.25) is 52.7 Å². The monoisotopic (exact) mass is 926 g/mol. The molecule has 4 amide bonds. The number of halogens is 1. The molecule has 10 rings (SSSR count). The highest BCUT2D eigenvalue weighted by Gasteiger charge is 2.45. The van der Waals surface area contributed by atoms with Crippen molar-refractivity contribution in [3.63, 3.8) is 0 Å². The zero-order valence-corrected chi connectivity index (χ0v) is 37.2. The van der Waals surface area contributed by atoms with Crippen molar-refractivity contribution in [2.45, 2.75) is 75.5 Å². The number of aromatic nitrogens is 4. The number of imide groups is 2. The number of nitrogens with one attached hydrogen (secondary N) is 2. The molecule has 5 aromatic rings. The number of hydrogen-bond acceptors (Lipinski definition) is 13. The fourth-order valence-corrected chi connectivity index (χ4v) is 13.6. The van der Waals surface area contributed by atoms with Gasteiger partial charge in [-0.25, -0.2) is 13.7 Å². The maximum absolute atomic E-state index is 15.8. The highest BCUT2D eigenvalue weighted by atomic mass is 33.2. The van der Waals surface area contributed by atoms with Crippen LogP contribution in [0, 0.1) is 12.7 Å². The first-order chi connectivity index (χ1) is 31.2. The van der Waals surface area contributed by atoms with Gasteiger partial charge in [-0.05, 0) is 116 Å². The van der Waals surface area contributed by atoms with Crippen molar-refractivity contribution < 1.29 is 36.5 Å². The van der Waals surface area contributed by atoms with Crippen LogP contribution in [0.15, 0.2) is 70.7 Å². The number of amides is 4. The Morgan fingerprint density at radius 2 is 1.55 bits per heavy atom. The summed E-state index contributed by atoms with van der Waals surface area (Å²) in [5.41, 5.74) is 4.47. The minimum Gasteiger partial charge on any atom is -0.337 e. The zero-order valence-electron chi connectivity index (χ0n) is 35.4. The van der Waals surface area contributed by atoms with Crippen LogP contribution in [0.3, 0.4) is 0 Å². The molecule has 3 N–H and O–H groups in total. The summed E-state index contributed by atoms with van der Waals surface area (Å²) < 4.78 is 57.0. The van der Waals surface area contributed by atoms with Gasteiger partial charge in [0.1, 0.15) is 23.3 Å². The SMILES string of the molecule is Cc1c(Nc2ccc([SH](N3CCN(CCCCN4Cc5cc6c(cc5C4)C(=O)N(C4CCC(=O)NC4=O)C6=O)CC3)S(=O)(=O)O)cc2F)nc2ccc(-c3cnn(C4CC4)c3)cn2c1=O. The Morgan fingerprint density at radius 3 is 2.20 bits per heavy atom. The van der Waals surface area contributed by atoms with Crippen LogP contribution < -0.4 is 16.2 Å². The molecule has 3 aromatic heterocycles. The third-order valence-corrected chi connectivity index (χ3v) is 17.6. The van der Waals surface area contributed by atoms with Crippen LogP contribution in [0.25, 0.3) is 16.8 Å². The van der Waals surface area contributed by atoms with Gasteiger partial charge in [-0.15, -0.1) is 0 Å². The summed E-state index contributed by atoms with van der Waals surface area (Å²) >= 11 is 0. The number of nitrogens with zero attached hydrogens (tertiary/aromatic N) is 8. The van der Waals surface area contributed by atoms with Crippen molar-refractivity contribution in [2.24, 2.45) is 0 Å². The average Bonchev–Trinajstić information content (AvgIpc) is 3.78. The Balaban J connectivity index is 0.719. The second-order valence-corrected chi connectivity index (χ2v) is 22.3. The summed E-state index contributed by atoms with van der Waals surface area (Å²) in [5, 5.41) is 9.58. The standard InChI is InChI=1S/C44H47FN10O8S2/c1-26-40(48-38-10-4-27(24-53(38)42(26)58)30-21-46-54(25-30)31-5-6-31)47-36-8-7-32(20-35(36)45)64(65(61,62)63)52-16-14-50(15-17-52)12-2-3-13-51-22-28-18-33-34(19-29(28)23-51)44(60)55(43(33)59)37-9-11-39(56)49-41(37)57/h4,7-8,10,18-21,24-25,31,37,47,64H,2-3,5-6,9,11-17,22-23H2,1H3,(H,49,56,57)(H,61,62,63). The highest BCUT2D eigenvalue weighted by molar-refractivity contribution is 8.78. The molecule has 65 heavy (non-hydrogen) atoms. The van der Waals surface area contributed by atoms with Crippen LogP contribution in [0.1, 0.15) is 82.0 Å². The summed E-state index contributed by atoms with van der Waals surface area (Å²) in [7, 11) is -6.94. The van der Waals surface area contributed by atoms with Gasteiger partial charge in [-0.1, -0.05) is 0 Å². The molecule has 18 nitrogen and oxygen atoms in total. The van der Waals surface area contributed by atoms with E-state index in [0.29, 0.717) is 51.0 Å². The number of thiol groups is 1. The smallest absolute Gasteiger partial charge is 0.315 e. The number of piperazine rings is 1. The van der Waals surface area contributed by atoms with E-state index in [-0.39, 0.29) is 51.5 Å². The summed E-state index contributed by atoms with van der Waals surface area (Å²) in [5.74, 6) is -2.69. The summed E-state index contributed by atoms with van der Waals surface area (Å²) in [6.07, 6.45) is 9.58. The second kappa shape index (κ2) is 16.9. The molecule has 1 aliphatic carbocycles. The molecule has 2 unspecified atom stereocenters. The minimum absolute atomic E-state index is 0.00243. The first-order valence-corrected chi connectivity index (χ1v) is 25.0. The number of carbonyl (C=O) groups is 4. The quantitative estimate of drug-likeness (QED) is 0.0433. The lowest BCUT2D eigenvalue weighted by Gasteiger charge is -2.39. The maximum atomic E-state index is 15.8. The second-order valence-electron chi connectivity index (χ2n) is 17.3. The molecule has 2 aromatic carbocycles. The van der Waals surface area contributed by atoms with Crippen molar-refractivity contribution in [3.05, 3.63) is 105 Å². The number of rotatable bonds is 13. The van der Waals surface area contributed by atoms with Gasteiger partial charge < -0.3 is 10.2 Å². The van der Waals surface area contributed by atoms with E-state index < -0.39 is 54.8 Å². The lowest BCUT2D eigenvalue weighted by molar-refractivity contribution is -0.136. The zero-order chi connectivity index (χ0) is 45.3. The molecule has 0 bridgehead atoms. The van der Waals surface area contributed by atoms with Crippen molar-refractivity contribution in [1.29, 1.82) is 0 Å². The van der Waals surface area contributed by atoms with E-state index >= 15 is 4.39 Å². The molecule has 7 heterocycles. The van der Waals surface area contributed by atoms with Crippen molar-refractivity contribution >= 4 is 60.0 Å². The van der Waals surface area contributed by atoms with Gasteiger partial charge in [0.2, 0.25) is 11.8 Å². The van der Waals surface area contributed by atoms with E-state index in [9.17, 15) is 36.9 Å². The molecule has 0 radical (unpaired) electrons. The van der Waals surface area contributed by atoms with E-state index in [2.05, 4.69) is 30.5 Å². The molecule has 340 valence electrons. The molecule has 21 heteroatoms.